The Labute approximate surface area is 162 Å². The van der Waals surface area contributed by atoms with E-state index in [2.05, 4.69) is 10.3 Å². The zero-order valence-corrected chi connectivity index (χ0v) is 16.0. The molecule has 1 aliphatic rings. The van der Waals surface area contributed by atoms with Crippen molar-refractivity contribution in [3.05, 3.63) is 48.0 Å². The van der Waals surface area contributed by atoms with E-state index in [-0.39, 0.29) is 23.5 Å². The maximum Gasteiger partial charge on any atom is 0.253 e. The Morgan fingerprint density at radius 3 is 2.59 bits per heavy atom. The molecule has 2 aromatic rings. The number of hydrogen-bond donors (Lipinski definition) is 1. The van der Waals surface area contributed by atoms with Gasteiger partial charge in [0.05, 0.1) is 0 Å². The van der Waals surface area contributed by atoms with E-state index in [9.17, 15) is 14.0 Å². The van der Waals surface area contributed by atoms with Gasteiger partial charge >= 0.3 is 0 Å². The van der Waals surface area contributed by atoms with Crippen molar-refractivity contribution >= 4 is 23.6 Å². The van der Waals surface area contributed by atoms with Crippen LogP contribution in [0.4, 0.5) is 4.39 Å². The summed E-state index contributed by atoms with van der Waals surface area (Å²) in [7, 11) is 1.94. The summed E-state index contributed by atoms with van der Waals surface area (Å²) in [4.78, 5) is 30.7. The fraction of sp³-hybridized carbons (Fsp3) is 0.421. The number of benzene rings is 1. The highest BCUT2D eigenvalue weighted by Crippen LogP contribution is 2.20. The van der Waals surface area contributed by atoms with Gasteiger partial charge in [0.25, 0.3) is 5.91 Å². The fourth-order valence-electron chi connectivity index (χ4n) is 3.07. The minimum Gasteiger partial charge on any atom is -0.355 e. The number of rotatable bonds is 6. The molecule has 0 aliphatic carbocycles. The number of amides is 2. The van der Waals surface area contributed by atoms with Crippen LogP contribution in [0.1, 0.15) is 23.2 Å². The van der Waals surface area contributed by atoms with Crippen LogP contribution in [0.15, 0.2) is 41.8 Å². The van der Waals surface area contributed by atoms with Gasteiger partial charge in [0.1, 0.15) is 5.82 Å². The summed E-state index contributed by atoms with van der Waals surface area (Å²) in [5.74, 6) is 0.270. The lowest BCUT2D eigenvalue weighted by Gasteiger charge is -2.31. The molecule has 1 aliphatic heterocycles. The largest absolute Gasteiger partial charge is 0.355 e. The average molecular weight is 390 g/mol. The van der Waals surface area contributed by atoms with E-state index in [1.165, 1.54) is 24.3 Å². The maximum absolute atomic E-state index is 13.0. The topological polar surface area (TPSA) is 67.2 Å². The molecule has 1 fully saturated rings. The van der Waals surface area contributed by atoms with Crippen molar-refractivity contribution in [2.45, 2.75) is 18.0 Å². The van der Waals surface area contributed by atoms with Gasteiger partial charge in [0.15, 0.2) is 5.16 Å². The van der Waals surface area contributed by atoms with Gasteiger partial charge in [-0.25, -0.2) is 9.37 Å². The van der Waals surface area contributed by atoms with Crippen LogP contribution in [0, 0.1) is 11.7 Å². The van der Waals surface area contributed by atoms with Crippen molar-refractivity contribution < 1.29 is 14.0 Å². The number of aryl methyl sites for hydroxylation is 1. The van der Waals surface area contributed by atoms with Gasteiger partial charge in [-0.05, 0) is 37.1 Å². The van der Waals surface area contributed by atoms with Crippen molar-refractivity contribution in [1.82, 2.24) is 19.8 Å². The first kappa shape index (κ1) is 19.4. The second-order valence-corrected chi connectivity index (χ2v) is 7.60. The second kappa shape index (κ2) is 9.03. The van der Waals surface area contributed by atoms with Crippen LogP contribution >= 0.6 is 11.8 Å². The molecule has 1 saturated heterocycles. The third kappa shape index (κ3) is 5.09. The van der Waals surface area contributed by atoms with E-state index >= 15 is 0 Å². The molecular weight excluding hydrogens is 367 g/mol. The average Bonchev–Trinajstić information content (AvgIpc) is 3.10. The van der Waals surface area contributed by atoms with Crippen LogP contribution in [0.3, 0.4) is 0 Å². The van der Waals surface area contributed by atoms with Crippen molar-refractivity contribution in [3.63, 3.8) is 0 Å². The predicted octanol–water partition coefficient (Wildman–Crippen LogP) is 2.32. The molecule has 0 atom stereocenters. The molecule has 0 unspecified atom stereocenters. The Morgan fingerprint density at radius 1 is 1.26 bits per heavy atom. The summed E-state index contributed by atoms with van der Waals surface area (Å²) in [6.07, 6.45) is 4.93. The van der Waals surface area contributed by atoms with Crippen molar-refractivity contribution in [2.75, 3.05) is 25.4 Å². The lowest BCUT2D eigenvalue weighted by Crippen LogP contribution is -2.43. The number of carbonyl (C=O) groups is 2. The number of nitrogens with zero attached hydrogens (tertiary/aromatic N) is 3. The number of hydrogen-bond acceptors (Lipinski definition) is 4. The molecule has 0 spiro atoms. The highest BCUT2D eigenvalue weighted by Gasteiger charge is 2.27. The van der Waals surface area contributed by atoms with E-state index < -0.39 is 0 Å². The zero-order chi connectivity index (χ0) is 19.2. The zero-order valence-electron chi connectivity index (χ0n) is 15.2. The smallest absolute Gasteiger partial charge is 0.253 e. The lowest BCUT2D eigenvalue weighted by atomic mass is 9.95. The Hall–Kier alpha value is -2.35. The third-order valence-corrected chi connectivity index (χ3v) is 5.71. The Bertz CT molecular complexity index is 785. The van der Waals surface area contributed by atoms with Gasteiger partial charge in [0, 0.05) is 56.3 Å². The molecule has 1 aromatic heterocycles. The van der Waals surface area contributed by atoms with E-state index in [0.717, 1.165) is 10.9 Å². The molecule has 0 bridgehead atoms. The molecule has 8 heteroatoms. The lowest BCUT2D eigenvalue weighted by molar-refractivity contribution is -0.126. The Kier molecular flexibility index (Phi) is 6.49. The molecule has 3 rings (SSSR count). The third-order valence-electron chi connectivity index (χ3n) is 4.65. The maximum atomic E-state index is 13.0. The quantitative estimate of drug-likeness (QED) is 0.607. The summed E-state index contributed by atoms with van der Waals surface area (Å²) in [5.41, 5.74) is 0.477. The molecule has 27 heavy (non-hydrogen) atoms. The molecule has 1 N–H and O–H groups in total. The fourth-order valence-corrected chi connectivity index (χ4v) is 3.86. The molecular formula is C19H23FN4O2S. The van der Waals surface area contributed by atoms with E-state index in [0.29, 0.717) is 38.0 Å². The SMILES string of the molecule is Cn1ccnc1SCCNC(=O)C1CCN(C(=O)c2ccc(F)cc2)CC1. The first-order chi connectivity index (χ1) is 13.0. The van der Waals surface area contributed by atoms with Gasteiger partial charge in [-0.1, -0.05) is 11.8 Å². The van der Waals surface area contributed by atoms with Crippen LogP contribution < -0.4 is 5.32 Å². The summed E-state index contributed by atoms with van der Waals surface area (Å²) in [6.45, 7) is 1.66. The van der Waals surface area contributed by atoms with Crippen LogP contribution in [0.5, 0.6) is 0 Å². The number of imidazole rings is 1. The first-order valence-electron chi connectivity index (χ1n) is 8.97. The van der Waals surface area contributed by atoms with Gasteiger partial charge in [-0.3, -0.25) is 9.59 Å². The minimum atomic E-state index is -0.358. The number of likely N-dealkylation sites (tertiary alicyclic amines) is 1. The van der Waals surface area contributed by atoms with Crippen molar-refractivity contribution in [3.8, 4) is 0 Å². The Morgan fingerprint density at radius 2 is 1.96 bits per heavy atom. The number of aromatic nitrogens is 2. The number of halogens is 1. The monoisotopic (exact) mass is 390 g/mol. The van der Waals surface area contributed by atoms with Crippen LogP contribution in [0.25, 0.3) is 0 Å². The van der Waals surface area contributed by atoms with E-state index in [1.54, 1.807) is 22.9 Å². The van der Waals surface area contributed by atoms with Crippen molar-refractivity contribution in [1.29, 1.82) is 0 Å². The second-order valence-electron chi connectivity index (χ2n) is 6.53. The standard InChI is InChI=1S/C19H23FN4O2S/c1-23-12-8-22-19(23)27-13-9-21-17(25)14-6-10-24(11-7-14)18(26)15-2-4-16(20)5-3-15/h2-5,8,12,14H,6-7,9-11,13H2,1H3,(H,21,25). The molecule has 6 nitrogen and oxygen atoms in total. The number of nitrogens with one attached hydrogen (secondary N) is 1. The van der Waals surface area contributed by atoms with Crippen molar-refractivity contribution in [2.24, 2.45) is 13.0 Å². The predicted molar refractivity (Wildman–Crippen MR) is 102 cm³/mol. The van der Waals surface area contributed by atoms with Gasteiger partial charge in [0.2, 0.25) is 5.91 Å². The van der Waals surface area contributed by atoms with Gasteiger partial charge in [-0.15, -0.1) is 0 Å². The highest BCUT2D eigenvalue weighted by atomic mass is 32.2. The molecule has 2 heterocycles. The van der Waals surface area contributed by atoms with Crippen LogP contribution in [-0.4, -0.2) is 51.7 Å². The summed E-state index contributed by atoms with van der Waals surface area (Å²) >= 11 is 1.60. The van der Waals surface area contributed by atoms with Gasteiger partial charge < -0.3 is 14.8 Å². The Balaban J connectivity index is 1.39. The van der Waals surface area contributed by atoms with E-state index in [4.69, 9.17) is 0 Å². The highest BCUT2D eigenvalue weighted by molar-refractivity contribution is 7.99. The number of piperidine rings is 1. The molecule has 144 valence electrons. The molecule has 2 amide bonds. The number of thioether (sulfide) groups is 1. The first-order valence-corrected chi connectivity index (χ1v) is 9.96. The normalized spacial score (nSPS) is 15.0. The van der Waals surface area contributed by atoms with Gasteiger partial charge in [-0.2, -0.15) is 0 Å². The summed E-state index contributed by atoms with van der Waals surface area (Å²) in [5, 5.41) is 3.90. The van der Waals surface area contributed by atoms with Crippen LogP contribution in [0.2, 0.25) is 0 Å². The molecule has 1 aromatic carbocycles. The summed E-state index contributed by atoms with van der Waals surface area (Å²) in [6, 6.07) is 5.57. The molecule has 0 radical (unpaired) electrons. The van der Waals surface area contributed by atoms with E-state index in [1.807, 2.05) is 17.8 Å². The minimum absolute atomic E-state index is 0.0457. The van der Waals surface area contributed by atoms with Crippen LogP contribution in [-0.2, 0) is 11.8 Å². The summed E-state index contributed by atoms with van der Waals surface area (Å²) < 4.78 is 14.9. The molecule has 0 saturated carbocycles. The number of carbonyl (C=O) groups excluding carboxylic acids is 2.